The molecule has 170 valence electrons. The van der Waals surface area contributed by atoms with Gasteiger partial charge in [0.25, 0.3) is 0 Å². The van der Waals surface area contributed by atoms with E-state index in [1.54, 1.807) is 36.0 Å². The van der Waals surface area contributed by atoms with Crippen LogP contribution in [0.3, 0.4) is 0 Å². The van der Waals surface area contributed by atoms with Gasteiger partial charge in [-0.25, -0.2) is 4.79 Å². The first-order valence-electron chi connectivity index (χ1n) is 11.2. The quantitative estimate of drug-likeness (QED) is 0.393. The third kappa shape index (κ3) is 5.57. The molecular weight excluding hydrogens is 434 g/mol. The van der Waals surface area contributed by atoms with E-state index in [1.807, 2.05) is 59.5 Å². The number of nitrogens with zero attached hydrogens (tertiary/aromatic N) is 1. The largest absolute Gasteiger partial charge is 0.478 e. The summed E-state index contributed by atoms with van der Waals surface area (Å²) in [4.78, 5) is 26.4. The summed E-state index contributed by atoms with van der Waals surface area (Å²) >= 11 is 1.69. The molecule has 0 saturated carbocycles. The molecule has 0 aromatic heterocycles. The highest BCUT2D eigenvalue weighted by Crippen LogP contribution is 2.46. The number of ether oxygens (including phenoxy) is 1. The number of benzene rings is 3. The number of amides is 1. The van der Waals surface area contributed by atoms with Crippen molar-refractivity contribution in [1.29, 1.82) is 0 Å². The Hall–Kier alpha value is -3.25. The summed E-state index contributed by atoms with van der Waals surface area (Å²) in [6.07, 6.45) is 2.91. The normalized spacial score (nSPS) is 17.8. The van der Waals surface area contributed by atoms with Crippen LogP contribution in [-0.4, -0.2) is 27.1 Å². The fourth-order valence-corrected chi connectivity index (χ4v) is 5.39. The van der Waals surface area contributed by atoms with Crippen LogP contribution >= 0.6 is 11.8 Å². The van der Waals surface area contributed by atoms with Crippen molar-refractivity contribution in [3.8, 4) is 11.5 Å². The fraction of sp³-hybridized carbons (Fsp3) is 0.259. The van der Waals surface area contributed by atoms with Crippen molar-refractivity contribution in [3.63, 3.8) is 0 Å². The van der Waals surface area contributed by atoms with Crippen molar-refractivity contribution < 1.29 is 19.4 Å². The minimum atomic E-state index is -0.956. The zero-order valence-electron chi connectivity index (χ0n) is 18.5. The highest BCUT2D eigenvalue weighted by atomic mass is 32.2. The summed E-state index contributed by atoms with van der Waals surface area (Å²) < 4.78 is 6.02. The second kappa shape index (κ2) is 10.6. The molecule has 0 aliphatic carbocycles. The summed E-state index contributed by atoms with van der Waals surface area (Å²) in [7, 11) is 0. The summed E-state index contributed by atoms with van der Waals surface area (Å²) in [5.41, 5.74) is 2.17. The van der Waals surface area contributed by atoms with Crippen LogP contribution < -0.4 is 4.74 Å². The van der Waals surface area contributed by atoms with Crippen molar-refractivity contribution >= 4 is 23.6 Å². The first kappa shape index (κ1) is 22.9. The van der Waals surface area contributed by atoms with E-state index in [-0.39, 0.29) is 22.1 Å². The molecule has 1 fully saturated rings. The molecule has 4 rings (SSSR count). The molecule has 1 heterocycles. The van der Waals surface area contributed by atoms with E-state index in [9.17, 15) is 9.59 Å². The van der Waals surface area contributed by atoms with Crippen molar-refractivity contribution in [2.45, 2.75) is 43.4 Å². The van der Waals surface area contributed by atoms with E-state index in [1.165, 1.54) is 0 Å². The highest BCUT2D eigenvalue weighted by Gasteiger charge is 2.40. The molecule has 1 aliphatic heterocycles. The number of carboxylic acids is 1. The number of aromatic carboxylic acids is 1. The van der Waals surface area contributed by atoms with E-state index in [2.05, 4.69) is 6.92 Å². The Morgan fingerprint density at radius 3 is 2.42 bits per heavy atom. The lowest BCUT2D eigenvalue weighted by atomic mass is 10.1. The maximum Gasteiger partial charge on any atom is 0.335 e. The third-order valence-corrected chi connectivity index (χ3v) is 7.18. The molecule has 1 N–H and O–H groups in total. The Kier molecular flexibility index (Phi) is 7.35. The zero-order chi connectivity index (χ0) is 23.2. The van der Waals surface area contributed by atoms with Gasteiger partial charge in [0.05, 0.1) is 10.8 Å². The van der Waals surface area contributed by atoms with E-state index in [0.29, 0.717) is 6.54 Å². The molecule has 0 spiro atoms. The Bertz CT molecular complexity index is 1100. The van der Waals surface area contributed by atoms with Crippen molar-refractivity contribution in [3.05, 3.63) is 95.6 Å². The van der Waals surface area contributed by atoms with Crippen LogP contribution in [0.5, 0.6) is 11.5 Å². The Labute approximate surface area is 198 Å². The van der Waals surface area contributed by atoms with Crippen LogP contribution in [0.1, 0.15) is 53.0 Å². The van der Waals surface area contributed by atoms with E-state index in [0.717, 1.165) is 41.9 Å². The van der Waals surface area contributed by atoms with Crippen LogP contribution in [0.4, 0.5) is 0 Å². The molecule has 1 aliphatic rings. The van der Waals surface area contributed by atoms with E-state index < -0.39 is 5.97 Å². The molecule has 6 heteroatoms. The van der Waals surface area contributed by atoms with Gasteiger partial charge in [-0.05, 0) is 53.9 Å². The zero-order valence-corrected chi connectivity index (χ0v) is 19.3. The fourth-order valence-electron chi connectivity index (χ4n) is 3.89. The van der Waals surface area contributed by atoms with Crippen LogP contribution in [-0.2, 0) is 11.3 Å². The van der Waals surface area contributed by atoms with E-state index >= 15 is 0 Å². The first-order chi connectivity index (χ1) is 16.0. The maximum absolute atomic E-state index is 13.3. The number of unbranched alkanes of at least 4 members (excludes halogenated alkanes) is 1. The van der Waals surface area contributed by atoms with Gasteiger partial charge in [-0.1, -0.05) is 62.2 Å². The Morgan fingerprint density at radius 1 is 1.00 bits per heavy atom. The predicted molar refractivity (Wildman–Crippen MR) is 131 cm³/mol. The monoisotopic (exact) mass is 461 g/mol. The SMILES string of the molecule is CCCCC1SC(c2cccc(Oc3ccccc3)c2)N(Cc2ccc(C(=O)O)cc2)C1=O. The summed E-state index contributed by atoms with van der Waals surface area (Å²) in [5.74, 6) is 0.674. The lowest BCUT2D eigenvalue weighted by molar-refractivity contribution is -0.130. The minimum Gasteiger partial charge on any atom is -0.478 e. The standard InChI is InChI=1S/C27H27NO4S/c1-2-3-12-24-25(29)28(18-19-13-15-20(16-14-19)27(30)31)26(33-24)21-8-7-11-23(17-21)32-22-9-5-4-6-10-22/h4-11,13-17,24,26H,2-3,12,18H2,1H3,(H,30,31). The van der Waals surface area contributed by atoms with Gasteiger partial charge < -0.3 is 14.7 Å². The van der Waals surface area contributed by atoms with Gasteiger partial charge in [-0.15, -0.1) is 11.8 Å². The molecule has 2 unspecified atom stereocenters. The molecule has 1 amide bonds. The molecular formula is C27H27NO4S. The second-order valence-electron chi connectivity index (χ2n) is 8.08. The Morgan fingerprint density at radius 2 is 1.73 bits per heavy atom. The summed E-state index contributed by atoms with van der Waals surface area (Å²) in [6.45, 7) is 2.57. The number of hydrogen-bond acceptors (Lipinski definition) is 4. The van der Waals surface area contributed by atoms with Gasteiger partial charge in [-0.3, -0.25) is 4.79 Å². The van der Waals surface area contributed by atoms with Gasteiger partial charge in [0, 0.05) is 6.54 Å². The lowest BCUT2D eigenvalue weighted by Gasteiger charge is -2.24. The molecule has 3 aromatic carbocycles. The average Bonchev–Trinajstić information content (AvgIpc) is 3.14. The number of carbonyl (C=O) groups is 2. The number of rotatable bonds is 9. The summed E-state index contributed by atoms with van der Waals surface area (Å²) in [5, 5.41) is 8.96. The number of carboxylic acid groups (broad SMARTS) is 1. The summed E-state index contributed by atoms with van der Waals surface area (Å²) in [6, 6.07) is 24.3. The highest BCUT2D eigenvalue weighted by molar-refractivity contribution is 8.01. The maximum atomic E-state index is 13.3. The van der Waals surface area contributed by atoms with Crippen LogP contribution in [0.15, 0.2) is 78.9 Å². The molecule has 0 bridgehead atoms. The Balaban J connectivity index is 1.58. The molecule has 1 saturated heterocycles. The van der Waals surface area contributed by atoms with E-state index in [4.69, 9.17) is 9.84 Å². The van der Waals surface area contributed by atoms with Gasteiger partial charge in [0.1, 0.15) is 16.9 Å². The molecule has 3 aromatic rings. The third-order valence-electron chi connectivity index (χ3n) is 5.63. The average molecular weight is 462 g/mol. The van der Waals surface area contributed by atoms with Crippen molar-refractivity contribution in [2.75, 3.05) is 0 Å². The number of para-hydroxylation sites is 1. The second-order valence-corrected chi connectivity index (χ2v) is 9.36. The number of thioether (sulfide) groups is 1. The molecule has 5 nitrogen and oxygen atoms in total. The van der Waals surface area contributed by atoms with Gasteiger partial charge in [0.15, 0.2) is 0 Å². The first-order valence-corrected chi connectivity index (χ1v) is 12.1. The van der Waals surface area contributed by atoms with Crippen molar-refractivity contribution in [2.24, 2.45) is 0 Å². The number of carbonyl (C=O) groups excluding carboxylic acids is 1. The van der Waals surface area contributed by atoms with Crippen LogP contribution in [0.2, 0.25) is 0 Å². The predicted octanol–water partition coefficient (Wildman–Crippen LogP) is 6.51. The topological polar surface area (TPSA) is 66.8 Å². The van der Waals surface area contributed by atoms with Gasteiger partial charge in [-0.2, -0.15) is 0 Å². The number of hydrogen-bond donors (Lipinski definition) is 1. The van der Waals surface area contributed by atoms with Crippen LogP contribution in [0.25, 0.3) is 0 Å². The van der Waals surface area contributed by atoms with Crippen molar-refractivity contribution in [1.82, 2.24) is 4.90 Å². The lowest BCUT2D eigenvalue weighted by Crippen LogP contribution is -2.30. The van der Waals surface area contributed by atoms with Crippen LogP contribution in [0, 0.1) is 0 Å². The smallest absolute Gasteiger partial charge is 0.335 e. The minimum absolute atomic E-state index is 0.0769. The molecule has 33 heavy (non-hydrogen) atoms. The van der Waals surface area contributed by atoms with Gasteiger partial charge in [0.2, 0.25) is 5.91 Å². The molecule has 0 radical (unpaired) electrons. The molecule has 2 atom stereocenters. The van der Waals surface area contributed by atoms with Gasteiger partial charge >= 0.3 is 5.97 Å².